The van der Waals surface area contributed by atoms with E-state index in [2.05, 4.69) is 11.9 Å². The van der Waals surface area contributed by atoms with Crippen molar-refractivity contribution in [3.05, 3.63) is 52.6 Å². The number of nitrogens with zero attached hydrogens (tertiary/aromatic N) is 3. The second kappa shape index (κ2) is 4.78. The second-order valence-electron chi connectivity index (χ2n) is 3.74. The summed E-state index contributed by atoms with van der Waals surface area (Å²) < 4.78 is 1.95. The third-order valence-corrected chi connectivity index (χ3v) is 2.53. The Hall–Kier alpha value is -2.17. The molecule has 2 aromatic rings. The molecule has 0 radical (unpaired) electrons. The molecule has 5 nitrogen and oxygen atoms in total. The molecule has 1 heterocycles. The monoisotopic (exact) mass is 231 g/mol. The molecule has 0 bridgehead atoms. The highest BCUT2D eigenvalue weighted by Gasteiger charge is 2.07. The zero-order valence-corrected chi connectivity index (χ0v) is 9.54. The van der Waals surface area contributed by atoms with Crippen LogP contribution in [-0.2, 0) is 6.42 Å². The predicted molar refractivity (Wildman–Crippen MR) is 64.2 cm³/mol. The molecule has 1 aromatic carbocycles. The van der Waals surface area contributed by atoms with Crippen LogP contribution in [0.5, 0.6) is 0 Å². The molecule has 0 spiro atoms. The molecule has 0 atom stereocenters. The smallest absolute Gasteiger partial charge is 0.269 e. The van der Waals surface area contributed by atoms with E-state index < -0.39 is 4.92 Å². The molecule has 88 valence electrons. The van der Waals surface area contributed by atoms with Crippen molar-refractivity contribution in [2.45, 2.75) is 19.8 Å². The lowest BCUT2D eigenvalue weighted by Gasteiger charge is -2.06. The lowest BCUT2D eigenvalue weighted by molar-refractivity contribution is -0.384. The lowest BCUT2D eigenvalue weighted by Crippen LogP contribution is -2.00. The molecule has 17 heavy (non-hydrogen) atoms. The summed E-state index contributed by atoms with van der Waals surface area (Å²) in [7, 11) is 0. The number of hydrogen-bond acceptors (Lipinski definition) is 3. The van der Waals surface area contributed by atoms with Crippen LogP contribution in [0.3, 0.4) is 0 Å². The van der Waals surface area contributed by atoms with Gasteiger partial charge in [-0.3, -0.25) is 10.1 Å². The van der Waals surface area contributed by atoms with Crippen LogP contribution in [0, 0.1) is 10.1 Å². The summed E-state index contributed by atoms with van der Waals surface area (Å²) in [5.41, 5.74) is 1.00. The van der Waals surface area contributed by atoms with Crippen molar-refractivity contribution in [1.82, 2.24) is 9.55 Å². The molecule has 5 heteroatoms. The fourth-order valence-corrected chi connectivity index (χ4v) is 1.71. The van der Waals surface area contributed by atoms with E-state index in [0.29, 0.717) is 0 Å². The Morgan fingerprint density at radius 3 is 2.65 bits per heavy atom. The van der Waals surface area contributed by atoms with Crippen LogP contribution in [0.4, 0.5) is 5.69 Å². The number of benzene rings is 1. The largest absolute Gasteiger partial charge is 0.304 e. The summed E-state index contributed by atoms with van der Waals surface area (Å²) in [5.74, 6) is 0.973. The second-order valence-corrected chi connectivity index (χ2v) is 3.74. The summed E-state index contributed by atoms with van der Waals surface area (Å²) in [6, 6.07) is 6.48. The van der Waals surface area contributed by atoms with Gasteiger partial charge in [0.1, 0.15) is 5.82 Å². The van der Waals surface area contributed by atoms with Crippen molar-refractivity contribution in [3.63, 3.8) is 0 Å². The zero-order valence-electron chi connectivity index (χ0n) is 9.54. The van der Waals surface area contributed by atoms with Crippen molar-refractivity contribution >= 4 is 5.69 Å². The van der Waals surface area contributed by atoms with Crippen LogP contribution in [0.25, 0.3) is 5.69 Å². The van der Waals surface area contributed by atoms with Gasteiger partial charge in [0.05, 0.1) is 4.92 Å². The Morgan fingerprint density at radius 2 is 2.06 bits per heavy atom. The van der Waals surface area contributed by atoms with Crippen LogP contribution >= 0.6 is 0 Å². The normalized spacial score (nSPS) is 10.4. The number of imidazole rings is 1. The van der Waals surface area contributed by atoms with Crippen LogP contribution in [0.15, 0.2) is 36.7 Å². The number of rotatable bonds is 4. The summed E-state index contributed by atoms with van der Waals surface area (Å²) in [4.78, 5) is 14.4. The molecule has 0 amide bonds. The van der Waals surface area contributed by atoms with E-state index in [1.165, 1.54) is 12.1 Å². The summed E-state index contributed by atoms with van der Waals surface area (Å²) >= 11 is 0. The number of nitro groups is 1. The van der Waals surface area contributed by atoms with Gasteiger partial charge >= 0.3 is 0 Å². The van der Waals surface area contributed by atoms with E-state index in [9.17, 15) is 10.1 Å². The maximum atomic E-state index is 10.6. The fraction of sp³-hybridized carbons (Fsp3) is 0.250. The molecule has 0 N–H and O–H groups in total. The van der Waals surface area contributed by atoms with Gasteiger partial charge in [0.2, 0.25) is 0 Å². The minimum Gasteiger partial charge on any atom is -0.304 e. The molecule has 0 fully saturated rings. The SMILES string of the molecule is CCCc1nccn1-c1ccc([N+](=O)[O-])cc1. The number of nitro benzene ring substituents is 1. The maximum absolute atomic E-state index is 10.6. The van der Waals surface area contributed by atoms with Gasteiger partial charge in [-0.2, -0.15) is 0 Å². The number of hydrogen-bond donors (Lipinski definition) is 0. The average molecular weight is 231 g/mol. The summed E-state index contributed by atoms with van der Waals surface area (Å²) in [6.45, 7) is 2.09. The standard InChI is InChI=1S/C12H13N3O2/c1-2-3-12-13-8-9-14(12)10-4-6-11(7-5-10)15(16)17/h4-9H,2-3H2,1H3. The van der Waals surface area contributed by atoms with Crippen molar-refractivity contribution in [1.29, 1.82) is 0 Å². The van der Waals surface area contributed by atoms with Gasteiger partial charge in [-0.15, -0.1) is 0 Å². The summed E-state index contributed by atoms with van der Waals surface area (Å²) in [6.07, 6.45) is 5.52. The van der Waals surface area contributed by atoms with Crippen molar-refractivity contribution in [3.8, 4) is 5.69 Å². The van der Waals surface area contributed by atoms with Crippen LogP contribution in [0.2, 0.25) is 0 Å². The maximum Gasteiger partial charge on any atom is 0.269 e. The van der Waals surface area contributed by atoms with E-state index in [1.807, 2.05) is 10.8 Å². The first-order valence-corrected chi connectivity index (χ1v) is 5.49. The van der Waals surface area contributed by atoms with E-state index >= 15 is 0 Å². The van der Waals surface area contributed by atoms with E-state index in [1.54, 1.807) is 18.3 Å². The van der Waals surface area contributed by atoms with E-state index in [0.717, 1.165) is 24.4 Å². The highest BCUT2D eigenvalue weighted by atomic mass is 16.6. The van der Waals surface area contributed by atoms with Crippen molar-refractivity contribution in [2.75, 3.05) is 0 Å². The first-order valence-electron chi connectivity index (χ1n) is 5.49. The van der Waals surface area contributed by atoms with Gasteiger partial charge in [0, 0.05) is 36.6 Å². The Balaban J connectivity index is 2.33. The first-order chi connectivity index (χ1) is 8.22. The molecule has 0 saturated heterocycles. The Bertz CT molecular complexity index is 517. The Labute approximate surface area is 98.9 Å². The van der Waals surface area contributed by atoms with E-state index in [4.69, 9.17) is 0 Å². The molecule has 2 rings (SSSR count). The van der Waals surface area contributed by atoms with E-state index in [-0.39, 0.29) is 5.69 Å². The fourth-order valence-electron chi connectivity index (χ4n) is 1.71. The van der Waals surface area contributed by atoms with Crippen molar-refractivity contribution in [2.24, 2.45) is 0 Å². The zero-order chi connectivity index (χ0) is 12.3. The molecule has 0 unspecified atom stereocenters. The Morgan fingerprint density at radius 1 is 1.35 bits per heavy atom. The van der Waals surface area contributed by atoms with Gasteiger partial charge < -0.3 is 4.57 Å². The van der Waals surface area contributed by atoms with Crippen LogP contribution in [-0.4, -0.2) is 14.5 Å². The third kappa shape index (κ3) is 2.33. The molecular weight excluding hydrogens is 218 g/mol. The highest BCUT2D eigenvalue weighted by Crippen LogP contribution is 2.16. The lowest BCUT2D eigenvalue weighted by atomic mass is 10.2. The number of non-ortho nitro benzene ring substituents is 1. The molecule has 0 aliphatic rings. The minimum absolute atomic E-state index is 0.103. The molecule has 0 aliphatic heterocycles. The molecule has 0 aliphatic carbocycles. The molecule has 0 saturated carbocycles. The highest BCUT2D eigenvalue weighted by molar-refractivity contribution is 5.41. The first kappa shape index (κ1) is 11.3. The summed E-state index contributed by atoms with van der Waals surface area (Å²) in [5, 5.41) is 10.6. The quantitative estimate of drug-likeness (QED) is 0.600. The Kier molecular flexibility index (Phi) is 3.18. The number of aryl methyl sites for hydroxylation is 1. The van der Waals surface area contributed by atoms with Gasteiger partial charge in [-0.1, -0.05) is 6.92 Å². The van der Waals surface area contributed by atoms with Gasteiger partial charge in [-0.05, 0) is 18.6 Å². The molecule has 1 aromatic heterocycles. The van der Waals surface area contributed by atoms with Gasteiger partial charge in [0.15, 0.2) is 0 Å². The third-order valence-electron chi connectivity index (χ3n) is 2.53. The minimum atomic E-state index is -0.398. The molecular formula is C12H13N3O2. The average Bonchev–Trinajstić information content (AvgIpc) is 2.78. The predicted octanol–water partition coefficient (Wildman–Crippen LogP) is 2.73. The number of aromatic nitrogens is 2. The van der Waals surface area contributed by atoms with Crippen LogP contribution < -0.4 is 0 Å². The van der Waals surface area contributed by atoms with Crippen molar-refractivity contribution < 1.29 is 4.92 Å². The topological polar surface area (TPSA) is 61.0 Å². The van der Waals surface area contributed by atoms with Gasteiger partial charge in [-0.25, -0.2) is 4.98 Å². The van der Waals surface area contributed by atoms with Crippen LogP contribution in [0.1, 0.15) is 19.2 Å². The van der Waals surface area contributed by atoms with Gasteiger partial charge in [0.25, 0.3) is 5.69 Å².